The number of hydrogen-bond donors (Lipinski definition) is 1. The Kier molecular flexibility index (Phi) is 8.26. The molecule has 1 amide bonds. The van der Waals surface area contributed by atoms with Crippen molar-refractivity contribution < 1.29 is 22.7 Å². The number of aromatic nitrogens is 1. The molecule has 1 heterocycles. The molecule has 0 aliphatic carbocycles. The van der Waals surface area contributed by atoms with Crippen LogP contribution in [0.3, 0.4) is 0 Å². The molecule has 1 N–H and O–H groups in total. The van der Waals surface area contributed by atoms with E-state index in [2.05, 4.69) is 21.1 Å². The van der Waals surface area contributed by atoms with Crippen LogP contribution in [-0.4, -0.2) is 29.4 Å². The van der Waals surface area contributed by atoms with Gasteiger partial charge in [0.15, 0.2) is 0 Å². The van der Waals surface area contributed by atoms with E-state index in [1.54, 1.807) is 24.3 Å². The molecule has 0 spiro atoms. The van der Waals surface area contributed by atoms with E-state index in [1.807, 2.05) is 20.8 Å². The number of amides is 1. The van der Waals surface area contributed by atoms with E-state index in [0.29, 0.717) is 16.2 Å². The lowest BCUT2D eigenvalue weighted by atomic mass is 10.1. The number of benzene rings is 1. The molecule has 0 radical (unpaired) electrons. The van der Waals surface area contributed by atoms with E-state index in [-0.39, 0.29) is 24.8 Å². The van der Waals surface area contributed by atoms with Gasteiger partial charge in [-0.1, -0.05) is 36.0 Å². The van der Waals surface area contributed by atoms with Crippen molar-refractivity contribution in [1.29, 1.82) is 5.26 Å². The van der Waals surface area contributed by atoms with Crippen LogP contribution < -0.4 is 5.32 Å². The summed E-state index contributed by atoms with van der Waals surface area (Å²) < 4.78 is 40.9. The molecule has 0 aliphatic rings. The minimum atomic E-state index is -4.35. The summed E-state index contributed by atoms with van der Waals surface area (Å²) in [6, 6.07) is 8.92. The summed E-state index contributed by atoms with van der Waals surface area (Å²) in [5.41, 5.74) is 4.57. The van der Waals surface area contributed by atoms with Crippen LogP contribution in [0.15, 0.2) is 29.3 Å². The van der Waals surface area contributed by atoms with Gasteiger partial charge in [0.05, 0.1) is 17.9 Å². The summed E-state index contributed by atoms with van der Waals surface area (Å²) in [6.07, 6.45) is -4.35. The topological polar surface area (TPSA) is 75.0 Å². The molecular formula is C21H22F3N3O2S. The van der Waals surface area contributed by atoms with Gasteiger partial charge < -0.3 is 10.1 Å². The number of halogens is 3. The third-order valence-corrected chi connectivity index (χ3v) is 5.44. The zero-order valence-corrected chi connectivity index (χ0v) is 17.7. The second-order valence-electron chi connectivity index (χ2n) is 6.73. The number of nitrogens with zero attached hydrogens (tertiary/aromatic N) is 2. The molecular weight excluding hydrogens is 415 g/mol. The van der Waals surface area contributed by atoms with Crippen molar-refractivity contribution in [3.05, 3.63) is 57.8 Å². The molecule has 0 saturated heterocycles. The zero-order chi connectivity index (χ0) is 22.3. The summed E-state index contributed by atoms with van der Waals surface area (Å²) in [6.45, 7) is 4.51. The Morgan fingerprint density at radius 3 is 2.40 bits per heavy atom. The van der Waals surface area contributed by atoms with Gasteiger partial charge >= 0.3 is 6.18 Å². The van der Waals surface area contributed by atoms with E-state index in [0.717, 1.165) is 22.4 Å². The number of pyridine rings is 1. The predicted octanol–water partition coefficient (Wildman–Crippen LogP) is 4.37. The van der Waals surface area contributed by atoms with E-state index < -0.39 is 12.8 Å². The summed E-state index contributed by atoms with van der Waals surface area (Å²) in [5.74, 6) is -0.0911. The van der Waals surface area contributed by atoms with Crippen LogP contribution in [0.5, 0.6) is 0 Å². The fourth-order valence-corrected chi connectivity index (χ4v) is 3.49. The highest BCUT2D eigenvalue weighted by Crippen LogP contribution is 2.26. The van der Waals surface area contributed by atoms with Crippen molar-refractivity contribution in [1.82, 2.24) is 10.3 Å². The maximum Gasteiger partial charge on any atom is 0.411 e. The SMILES string of the molecule is Cc1nc(SCC(=O)NCc2ccc(COCC(F)(F)F)cc2)c(C#N)c(C)c1C. The molecule has 2 rings (SSSR count). The Morgan fingerprint density at radius 1 is 1.17 bits per heavy atom. The minimum absolute atomic E-state index is 0.118. The summed E-state index contributed by atoms with van der Waals surface area (Å²) in [4.78, 5) is 16.6. The number of carbonyl (C=O) groups is 1. The maximum absolute atomic E-state index is 12.2. The van der Waals surface area contributed by atoms with Crippen molar-refractivity contribution in [2.75, 3.05) is 12.4 Å². The van der Waals surface area contributed by atoms with Crippen LogP contribution in [0.2, 0.25) is 0 Å². The molecule has 9 heteroatoms. The van der Waals surface area contributed by atoms with Gasteiger partial charge in [-0.25, -0.2) is 4.98 Å². The van der Waals surface area contributed by atoms with E-state index in [1.165, 1.54) is 11.8 Å². The van der Waals surface area contributed by atoms with Crippen LogP contribution in [0.25, 0.3) is 0 Å². The fourth-order valence-electron chi connectivity index (χ4n) is 2.57. The number of thioether (sulfide) groups is 1. The van der Waals surface area contributed by atoms with E-state index in [4.69, 9.17) is 0 Å². The van der Waals surface area contributed by atoms with Crippen molar-refractivity contribution in [3.63, 3.8) is 0 Å². The molecule has 30 heavy (non-hydrogen) atoms. The van der Waals surface area contributed by atoms with Crippen LogP contribution in [-0.2, 0) is 22.7 Å². The standard InChI is InChI=1S/C21H22F3N3O2S/c1-13-14(2)18(8-25)20(27-15(13)3)30-11-19(28)26-9-16-4-6-17(7-5-16)10-29-12-21(22,23)24/h4-7H,9-12H2,1-3H3,(H,26,28). The molecule has 160 valence electrons. The maximum atomic E-state index is 12.2. The number of alkyl halides is 3. The molecule has 0 atom stereocenters. The lowest BCUT2D eigenvalue weighted by Gasteiger charge is -2.11. The molecule has 1 aromatic carbocycles. The Hall–Kier alpha value is -2.57. The van der Waals surface area contributed by atoms with E-state index in [9.17, 15) is 23.2 Å². The highest BCUT2D eigenvalue weighted by molar-refractivity contribution is 8.00. The van der Waals surface area contributed by atoms with E-state index >= 15 is 0 Å². The third-order valence-electron chi connectivity index (χ3n) is 4.46. The molecule has 0 unspecified atom stereocenters. The number of aryl methyl sites for hydroxylation is 1. The number of hydrogen-bond acceptors (Lipinski definition) is 5. The van der Waals surface area contributed by atoms with Gasteiger partial charge in [-0.05, 0) is 43.0 Å². The average molecular weight is 437 g/mol. The Labute approximate surface area is 177 Å². The number of ether oxygens (including phenoxy) is 1. The summed E-state index contributed by atoms with van der Waals surface area (Å²) in [5, 5.41) is 12.7. The highest BCUT2D eigenvalue weighted by Gasteiger charge is 2.27. The number of rotatable bonds is 8. The summed E-state index contributed by atoms with van der Waals surface area (Å²) >= 11 is 1.21. The van der Waals surface area contributed by atoms with Crippen molar-refractivity contribution in [2.45, 2.75) is 45.1 Å². The van der Waals surface area contributed by atoms with Gasteiger partial charge in [0.2, 0.25) is 5.91 Å². The monoisotopic (exact) mass is 437 g/mol. The first-order valence-electron chi connectivity index (χ1n) is 9.10. The second kappa shape index (κ2) is 10.5. The Balaban J connectivity index is 1.84. The molecule has 0 aliphatic heterocycles. The molecule has 0 fully saturated rings. The van der Waals surface area contributed by atoms with Crippen molar-refractivity contribution >= 4 is 17.7 Å². The van der Waals surface area contributed by atoms with Crippen molar-refractivity contribution in [2.24, 2.45) is 0 Å². The smallest absolute Gasteiger partial charge is 0.367 e. The average Bonchev–Trinajstić information content (AvgIpc) is 2.69. The van der Waals surface area contributed by atoms with Gasteiger partial charge in [-0.3, -0.25) is 4.79 Å². The predicted molar refractivity (Wildman–Crippen MR) is 108 cm³/mol. The number of nitrogens with one attached hydrogen (secondary N) is 1. The van der Waals surface area contributed by atoms with Crippen LogP contribution in [0, 0.1) is 32.1 Å². The zero-order valence-electron chi connectivity index (χ0n) is 16.9. The number of carbonyl (C=O) groups excluding carboxylic acids is 1. The highest BCUT2D eigenvalue weighted by atomic mass is 32.2. The molecule has 0 bridgehead atoms. The first-order valence-corrected chi connectivity index (χ1v) is 10.1. The quantitative estimate of drug-likeness (QED) is 0.621. The lowest BCUT2D eigenvalue weighted by molar-refractivity contribution is -0.176. The van der Waals surface area contributed by atoms with Crippen LogP contribution >= 0.6 is 11.8 Å². The molecule has 2 aromatic rings. The second-order valence-corrected chi connectivity index (χ2v) is 7.69. The molecule has 5 nitrogen and oxygen atoms in total. The van der Waals surface area contributed by atoms with Crippen molar-refractivity contribution in [3.8, 4) is 6.07 Å². The van der Waals surface area contributed by atoms with Gasteiger partial charge in [-0.2, -0.15) is 18.4 Å². The number of nitriles is 1. The lowest BCUT2D eigenvalue weighted by Crippen LogP contribution is -2.24. The normalized spacial score (nSPS) is 11.2. The van der Waals surface area contributed by atoms with Gasteiger partial charge in [0, 0.05) is 12.2 Å². The Bertz CT molecular complexity index is 938. The summed E-state index contributed by atoms with van der Waals surface area (Å²) in [7, 11) is 0. The van der Waals surface area contributed by atoms with Crippen LogP contribution in [0.4, 0.5) is 13.2 Å². The first kappa shape index (κ1) is 23.7. The first-order chi connectivity index (χ1) is 14.1. The molecule has 1 aromatic heterocycles. The fraction of sp³-hybridized carbons (Fsp3) is 0.381. The van der Waals surface area contributed by atoms with Gasteiger partial charge in [0.1, 0.15) is 17.7 Å². The Morgan fingerprint density at radius 2 is 1.80 bits per heavy atom. The third kappa shape index (κ3) is 7.04. The largest absolute Gasteiger partial charge is 0.411 e. The van der Waals surface area contributed by atoms with Crippen LogP contribution in [0.1, 0.15) is 33.5 Å². The van der Waals surface area contributed by atoms with Gasteiger partial charge in [0.25, 0.3) is 0 Å². The van der Waals surface area contributed by atoms with Gasteiger partial charge in [-0.15, -0.1) is 0 Å². The molecule has 0 saturated carbocycles. The minimum Gasteiger partial charge on any atom is -0.367 e.